The first kappa shape index (κ1) is 13.7. The van der Waals surface area contributed by atoms with Crippen molar-refractivity contribution in [3.05, 3.63) is 47.8 Å². The van der Waals surface area contributed by atoms with Gasteiger partial charge in [0.05, 0.1) is 11.9 Å². The van der Waals surface area contributed by atoms with Gasteiger partial charge in [0.1, 0.15) is 18.2 Å². The maximum absolute atomic E-state index is 13.0. The van der Waals surface area contributed by atoms with E-state index in [1.54, 1.807) is 0 Å². The molecular formula is C12H9F2N3O3. The maximum atomic E-state index is 13.0. The summed E-state index contributed by atoms with van der Waals surface area (Å²) in [5.41, 5.74) is 0.0365. The summed E-state index contributed by atoms with van der Waals surface area (Å²) >= 11 is 0. The first-order valence-corrected chi connectivity index (χ1v) is 5.46. The summed E-state index contributed by atoms with van der Waals surface area (Å²) in [7, 11) is 0. The quantitative estimate of drug-likeness (QED) is 0.889. The van der Waals surface area contributed by atoms with Gasteiger partial charge in [0.15, 0.2) is 0 Å². The molecule has 0 atom stereocenters. The lowest BCUT2D eigenvalue weighted by Crippen LogP contribution is -2.12. The van der Waals surface area contributed by atoms with Crippen molar-refractivity contribution in [1.29, 1.82) is 0 Å². The van der Waals surface area contributed by atoms with E-state index in [1.165, 1.54) is 12.4 Å². The van der Waals surface area contributed by atoms with Crippen LogP contribution in [0.1, 0.15) is 10.4 Å². The van der Waals surface area contributed by atoms with Crippen molar-refractivity contribution in [2.45, 2.75) is 6.54 Å². The molecule has 0 unspecified atom stereocenters. The van der Waals surface area contributed by atoms with Crippen molar-refractivity contribution < 1.29 is 23.5 Å². The van der Waals surface area contributed by atoms with Crippen LogP contribution in [0.5, 0.6) is 0 Å². The third-order valence-electron chi connectivity index (χ3n) is 2.31. The van der Waals surface area contributed by atoms with E-state index in [-0.39, 0.29) is 17.8 Å². The molecule has 8 heteroatoms. The standard InChI is InChI=1S/C12H9F2N3O3/c13-8-1-7(2-9(14)3-8)12(20)16-10-4-15-17(5-10)6-11(18)19/h1-5H,6H2,(H,16,20)(H,18,19). The lowest BCUT2D eigenvalue weighted by atomic mass is 10.2. The van der Waals surface area contributed by atoms with Crippen molar-refractivity contribution >= 4 is 17.6 Å². The van der Waals surface area contributed by atoms with E-state index in [4.69, 9.17) is 5.11 Å². The molecule has 2 N–H and O–H groups in total. The van der Waals surface area contributed by atoms with E-state index in [0.29, 0.717) is 6.07 Å². The van der Waals surface area contributed by atoms with Gasteiger partial charge in [0.2, 0.25) is 0 Å². The van der Waals surface area contributed by atoms with Crippen LogP contribution in [0.15, 0.2) is 30.6 Å². The van der Waals surface area contributed by atoms with Crippen LogP contribution in [-0.4, -0.2) is 26.8 Å². The van der Waals surface area contributed by atoms with Gasteiger partial charge in [-0.15, -0.1) is 0 Å². The highest BCUT2D eigenvalue weighted by atomic mass is 19.1. The van der Waals surface area contributed by atoms with Crippen molar-refractivity contribution in [2.24, 2.45) is 0 Å². The Labute approximate surface area is 111 Å². The van der Waals surface area contributed by atoms with E-state index in [9.17, 15) is 18.4 Å². The Morgan fingerprint density at radius 1 is 1.25 bits per heavy atom. The zero-order valence-electron chi connectivity index (χ0n) is 10.0. The van der Waals surface area contributed by atoms with Crippen LogP contribution in [-0.2, 0) is 11.3 Å². The number of benzene rings is 1. The average Bonchev–Trinajstić information content (AvgIpc) is 2.74. The largest absolute Gasteiger partial charge is 0.480 e. The molecular weight excluding hydrogens is 272 g/mol. The number of carbonyl (C=O) groups is 2. The Hall–Kier alpha value is -2.77. The van der Waals surface area contributed by atoms with E-state index in [1.807, 2.05) is 0 Å². The highest BCUT2D eigenvalue weighted by Crippen LogP contribution is 2.11. The van der Waals surface area contributed by atoms with Crippen molar-refractivity contribution in [3.63, 3.8) is 0 Å². The molecule has 0 radical (unpaired) electrons. The minimum absolute atomic E-state index is 0.187. The molecule has 1 amide bonds. The van der Waals surface area contributed by atoms with Crippen molar-refractivity contribution in [3.8, 4) is 0 Å². The summed E-state index contributed by atoms with van der Waals surface area (Å²) in [4.78, 5) is 22.2. The number of carboxylic acid groups (broad SMARTS) is 1. The normalized spacial score (nSPS) is 10.3. The second kappa shape index (κ2) is 5.47. The van der Waals surface area contributed by atoms with E-state index < -0.39 is 23.5 Å². The Bertz CT molecular complexity index is 649. The van der Waals surface area contributed by atoms with Gasteiger partial charge in [-0.2, -0.15) is 5.10 Å². The number of anilines is 1. The first-order chi connectivity index (χ1) is 9.44. The second-order valence-electron chi connectivity index (χ2n) is 3.93. The molecule has 1 aromatic heterocycles. The predicted octanol–water partition coefficient (Wildman–Crippen LogP) is 1.50. The molecule has 0 aliphatic heterocycles. The molecule has 0 saturated heterocycles. The number of aromatic nitrogens is 2. The fraction of sp³-hybridized carbons (Fsp3) is 0.0833. The Morgan fingerprint density at radius 3 is 2.50 bits per heavy atom. The van der Waals surface area contributed by atoms with Crippen molar-refractivity contribution in [1.82, 2.24) is 9.78 Å². The van der Waals surface area contributed by atoms with Crippen LogP contribution >= 0.6 is 0 Å². The summed E-state index contributed by atoms with van der Waals surface area (Å²) < 4.78 is 27.0. The maximum Gasteiger partial charge on any atom is 0.325 e. The molecule has 2 aromatic rings. The molecule has 1 aromatic carbocycles. The number of amides is 1. The minimum atomic E-state index is -1.09. The molecule has 20 heavy (non-hydrogen) atoms. The van der Waals surface area contributed by atoms with Crippen LogP contribution in [0.2, 0.25) is 0 Å². The second-order valence-corrected chi connectivity index (χ2v) is 3.93. The zero-order chi connectivity index (χ0) is 14.7. The third kappa shape index (κ3) is 3.37. The van der Waals surface area contributed by atoms with E-state index in [2.05, 4.69) is 10.4 Å². The predicted molar refractivity (Wildman–Crippen MR) is 64.2 cm³/mol. The zero-order valence-corrected chi connectivity index (χ0v) is 10.0. The number of halogens is 2. The summed E-state index contributed by atoms with van der Waals surface area (Å²) in [5, 5.41) is 14.6. The van der Waals surface area contributed by atoms with Gasteiger partial charge in [-0.25, -0.2) is 8.78 Å². The van der Waals surface area contributed by atoms with Gasteiger partial charge < -0.3 is 10.4 Å². The van der Waals surface area contributed by atoms with Gasteiger partial charge in [0, 0.05) is 17.8 Å². The number of nitrogens with zero attached hydrogens (tertiary/aromatic N) is 2. The molecule has 104 valence electrons. The number of rotatable bonds is 4. The van der Waals surface area contributed by atoms with E-state index >= 15 is 0 Å². The highest BCUT2D eigenvalue weighted by molar-refractivity contribution is 6.04. The topological polar surface area (TPSA) is 84.2 Å². The Morgan fingerprint density at radius 2 is 1.90 bits per heavy atom. The van der Waals surface area contributed by atoms with E-state index in [0.717, 1.165) is 16.8 Å². The highest BCUT2D eigenvalue weighted by Gasteiger charge is 2.11. The van der Waals surface area contributed by atoms with Gasteiger partial charge >= 0.3 is 5.97 Å². The fourth-order valence-electron chi connectivity index (χ4n) is 1.54. The lowest BCUT2D eigenvalue weighted by molar-refractivity contribution is -0.137. The summed E-state index contributed by atoms with van der Waals surface area (Å²) in [6, 6.07) is 2.43. The van der Waals surface area contributed by atoms with Crippen LogP contribution in [0, 0.1) is 11.6 Å². The SMILES string of the molecule is O=C(O)Cn1cc(NC(=O)c2cc(F)cc(F)c2)cn1. The van der Waals surface area contributed by atoms with Crippen LogP contribution in [0.3, 0.4) is 0 Å². The molecule has 0 spiro atoms. The van der Waals surface area contributed by atoms with Crippen molar-refractivity contribution in [2.75, 3.05) is 5.32 Å². The molecule has 1 heterocycles. The molecule has 2 rings (SSSR count). The van der Waals surface area contributed by atoms with Gasteiger partial charge in [0.25, 0.3) is 5.91 Å². The number of nitrogens with one attached hydrogen (secondary N) is 1. The van der Waals surface area contributed by atoms with Crippen LogP contribution in [0.25, 0.3) is 0 Å². The van der Waals surface area contributed by atoms with Gasteiger partial charge in [-0.1, -0.05) is 0 Å². The average molecular weight is 281 g/mol. The smallest absolute Gasteiger partial charge is 0.325 e. The monoisotopic (exact) mass is 281 g/mol. The fourth-order valence-corrected chi connectivity index (χ4v) is 1.54. The molecule has 0 saturated carbocycles. The summed E-state index contributed by atoms with van der Waals surface area (Å²) in [6.07, 6.45) is 2.53. The Kier molecular flexibility index (Phi) is 3.74. The summed E-state index contributed by atoms with van der Waals surface area (Å²) in [5.74, 6) is -3.54. The first-order valence-electron chi connectivity index (χ1n) is 5.46. The third-order valence-corrected chi connectivity index (χ3v) is 2.31. The van der Waals surface area contributed by atoms with Crippen LogP contribution in [0.4, 0.5) is 14.5 Å². The van der Waals surface area contributed by atoms with Gasteiger partial charge in [-0.3, -0.25) is 14.3 Å². The number of hydrogen-bond acceptors (Lipinski definition) is 3. The van der Waals surface area contributed by atoms with Gasteiger partial charge in [-0.05, 0) is 12.1 Å². The number of carbonyl (C=O) groups excluding carboxylic acids is 1. The van der Waals surface area contributed by atoms with Crippen LogP contribution < -0.4 is 5.32 Å². The molecule has 6 nitrogen and oxygen atoms in total. The molecule has 0 fully saturated rings. The molecule has 0 bridgehead atoms. The molecule has 0 aliphatic rings. The minimum Gasteiger partial charge on any atom is -0.480 e. The lowest BCUT2D eigenvalue weighted by Gasteiger charge is -2.02. The molecule has 0 aliphatic carbocycles. The number of carboxylic acids is 1. The summed E-state index contributed by atoms with van der Waals surface area (Å²) in [6.45, 7) is -0.357. The number of hydrogen-bond donors (Lipinski definition) is 2. The Balaban J connectivity index is 2.11. The number of aliphatic carboxylic acids is 1.